The number of aliphatic imine (C=N–C) groups is 1. The highest BCUT2D eigenvalue weighted by Crippen LogP contribution is 2.24. The second-order valence-corrected chi connectivity index (χ2v) is 6.12. The highest BCUT2D eigenvalue weighted by Gasteiger charge is 2.10. The zero-order valence-corrected chi connectivity index (χ0v) is 14.2. The van der Waals surface area contributed by atoms with Crippen LogP contribution in [0.3, 0.4) is 0 Å². The van der Waals surface area contributed by atoms with Crippen molar-refractivity contribution in [1.29, 1.82) is 0 Å². The van der Waals surface area contributed by atoms with Crippen molar-refractivity contribution in [3.05, 3.63) is 64.7 Å². The Bertz CT molecular complexity index is 707. The predicted molar refractivity (Wildman–Crippen MR) is 99.2 cm³/mol. The van der Waals surface area contributed by atoms with Crippen LogP contribution in [-0.4, -0.2) is 12.6 Å². The normalized spacial score (nSPS) is 13.8. The second-order valence-electron chi connectivity index (χ2n) is 6.12. The Morgan fingerprint density at radius 3 is 2.62 bits per heavy atom. The number of benzene rings is 2. The number of nitrogens with zero attached hydrogens (tertiary/aromatic N) is 1. The average molecular weight is 323 g/mol. The standard InChI is InChI=1S/C20H25N3O/c1-2-24-14-16-8-6-15(7-9-16)13-22-20(21)23-19-11-10-17-4-3-5-18(17)12-19/h6-12H,2-5,13-14H2,1H3,(H3,21,22,23). The first-order valence-electron chi connectivity index (χ1n) is 8.59. The fourth-order valence-corrected chi connectivity index (χ4v) is 2.97. The quantitative estimate of drug-likeness (QED) is 0.630. The van der Waals surface area contributed by atoms with Crippen molar-refractivity contribution in [2.24, 2.45) is 10.7 Å². The molecule has 24 heavy (non-hydrogen) atoms. The summed E-state index contributed by atoms with van der Waals surface area (Å²) >= 11 is 0. The summed E-state index contributed by atoms with van der Waals surface area (Å²) in [5.74, 6) is 0.450. The van der Waals surface area contributed by atoms with Gasteiger partial charge in [0.25, 0.3) is 0 Å². The summed E-state index contributed by atoms with van der Waals surface area (Å²) in [4.78, 5) is 4.43. The Balaban J connectivity index is 1.56. The molecule has 4 nitrogen and oxygen atoms in total. The van der Waals surface area contributed by atoms with Gasteiger partial charge in [0.2, 0.25) is 0 Å². The van der Waals surface area contributed by atoms with E-state index in [1.54, 1.807) is 0 Å². The van der Waals surface area contributed by atoms with Crippen LogP contribution in [0.1, 0.15) is 35.6 Å². The Morgan fingerprint density at radius 1 is 1.08 bits per heavy atom. The number of rotatable bonds is 6. The molecule has 1 aliphatic rings. The van der Waals surface area contributed by atoms with Gasteiger partial charge >= 0.3 is 0 Å². The average Bonchev–Trinajstić information content (AvgIpc) is 3.07. The molecular weight excluding hydrogens is 298 g/mol. The third-order valence-electron chi connectivity index (χ3n) is 4.30. The molecule has 0 atom stereocenters. The van der Waals surface area contributed by atoms with E-state index >= 15 is 0 Å². The number of fused-ring (bicyclic) bond motifs is 1. The van der Waals surface area contributed by atoms with Crippen LogP contribution in [0.2, 0.25) is 0 Å². The number of ether oxygens (including phenoxy) is 1. The first-order chi connectivity index (χ1) is 11.7. The van der Waals surface area contributed by atoms with E-state index in [2.05, 4.69) is 52.8 Å². The third-order valence-corrected chi connectivity index (χ3v) is 4.30. The maximum atomic E-state index is 6.01. The summed E-state index contributed by atoms with van der Waals surface area (Å²) in [6.45, 7) is 3.96. The zero-order chi connectivity index (χ0) is 16.8. The fourth-order valence-electron chi connectivity index (χ4n) is 2.97. The van der Waals surface area contributed by atoms with Crippen LogP contribution in [0, 0.1) is 0 Å². The topological polar surface area (TPSA) is 59.6 Å². The Hall–Kier alpha value is -2.33. The second kappa shape index (κ2) is 7.97. The molecule has 2 aromatic rings. The molecule has 0 saturated heterocycles. The van der Waals surface area contributed by atoms with Gasteiger partial charge in [-0.05, 0) is 60.6 Å². The van der Waals surface area contributed by atoms with Crippen LogP contribution < -0.4 is 11.1 Å². The lowest BCUT2D eigenvalue weighted by Gasteiger charge is -2.08. The largest absolute Gasteiger partial charge is 0.377 e. The fraction of sp³-hybridized carbons (Fsp3) is 0.350. The Morgan fingerprint density at radius 2 is 1.83 bits per heavy atom. The van der Waals surface area contributed by atoms with Gasteiger partial charge in [0, 0.05) is 12.3 Å². The van der Waals surface area contributed by atoms with Crippen LogP contribution >= 0.6 is 0 Å². The molecule has 0 aromatic heterocycles. The van der Waals surface area contributed by atoms with E-state index < -0.39 is 0 Å². The van der Waals surface area contributed by atoms with Gasteiger partial charge in [-0.15, -0.1) is 0 Å². The molecule has 2 aromatic carbocycles. The van der Waals surface area contributed by atoms with Crippen molar-refractivity contribution in [3.8, 4) is 0 Å². The maximum absolute atomic E-state index is 6.01. The van der Waals surface area contributed by atoms with Crippen molar-refractivity contribution >= 4 is 11.6 Å². The van der Waals surface area contributed by atoms with E-state index in [-0.39, 0.29) is 0 Å². The van der Waals surface area contributed by atoms with Crippen LogP contribution in [0.5, 0.6) is 0 Å². The van der Waals surface area contributed by atoms with E-state index in [9.17, 15) is 0 Å². The minimum Gasteiger partial charge on any atom is -0.377 e. The van der Waals surface area contributed by atoms with Gasteiger partial charge in [-0.25, -0.2) is 4.99 Å². The van der Waals surface area contributed by atoms with Crippen molar-refractivity contribution in [2.75, 3.05) is 11.9 Å². The monoisotopic (exact) mass is 323 g/mol. The van der Waals surface area contributed by atoms with Crippen LogP contribution in [0.25, 0.3) is 0 Å². The summed E-state index contributed by atoms with van der Waals surface area (Å²) in [7, 11) is 0. The number of anilines is 1. The molecule has 3 N–H and O–H groups in total. The number of hydrogen-bond donors (Lipinski definition) is 2. The van der Waals surface area contributed by atoms with E-state index in [0.29, 0.717) is 19.1 Å². The molecule has 1 aliphatic carbocycles. The van der Waals surface area contributed by atoms with E-state index in [4.69, 9.17) is 10.5 Å². The zero-order valence-electron chi connectivity index (χ0n) is 14.2. The molecule has 0 bridgehead atoms. The lowest BCUT2D eigenvalue weighted by atomic mass is 10.1. The third kappa shape index (κ3) is 4.36. The molecule has 0 fully saturated rings. The Kier molecular flexibility index (Phi) is 5.49. The molecule has 0 amide bonds. The van der Waals surface area contributed by atoms with Crippen LogP contribution in [0.4, 0.5) is 5.69 Å². The summed E-state index contributed by atoms with van der Waals surface area (Å²) in [5.41, 5.74) is 12.2. The van der Waals surface area contributed by atoms with E-state index in [1.807, 2.05) is 6.92 Å². The molecule has 3 rings (SSSR count). The van der Waals surface area contributed by atoms with Crippen LogP contribution in [0.15, 0.2) is 47.5 Å². The van der Waals surface area contributed by atoms with Gasteiger partial charge in [0.15, 0.2) is 5.96 Å². The van der Waals surface area contributed by atoms with E-state index in [0.717, 1.165) is 24.3 Å². The predicted octanol–water partition coefficient (Wildman–Crippen LogP) is 3.64. The Labute approximate surface area is 143 Å². The molecule has 4 heteroatoms. The molecule has 0 unspecified atom stereocenters. The molecule has 0 saturated carbocycles. The van der Waals surface area contributed by atoms with Gasteiger partial charge in [-0.2, -0.15) is 0 Å². The summed E-state index contributed by atoms with van der Waals surface area (Å²) < 4.78 is 5.40. The highest BCUT2D eigenvalue weighted by molar-refractivity contribution is 5.92. The summed E-state index contributed by atoms with van der Waals surface area (Å²) in [6.07, 6.45) is 3.61. The first kappa shape index (κ1) is 16.5. The molecule has 0 spiro atoms. The SMILES string of the molecule is CCOCc1ccc(CN=C(N)Nc2ccc3c(c2)CCC3)cc1. The van der Waals surface area contributed by atoms with Crippen molar-refractivity contribution in [1.82, 2.24) is 0 Å². The van der Waals surface area contributed by atoms with Gasteiger partial charge in [0.1, 0.15) is 0 Å². The van der Waals surface area contributed by atoms with Gasteiger partial charge < -0.3 is 15.8 Å². The lowest BCUT2D eigenvalue weighted by Crippen LogP contribution is -2.22. The smallest absolute Gasteiger partial charge is 0.193 e. The number of hydrogen-bond acceptors (Lipinski definition) is 2. The number of aryl methyl sites for hydroxylation is 2. The van der Waals surface area contributed by atoms with Crippen molar-refractivity contribution in [2.45, 2.75) is 39.3 Å². The van der Waals surface area contributed by atoms with Crippen LogP contribution in [-0.2, 0) is 30.7 Å². The number of guanidine groups is 1. The van der Waals surface area contributed by atoms with E-state index in [1.165, 1.54) is 29.5 Å². The molecule has 0 heterocycles. The number of nitrogens with one attached hydrogen (secondary N) is 1. The summed E-state index contributed by atoms with van der Waals surface area (Å²) in [5, 5.41) is 3.19. The first-order valence-corrected chi connectivity index (χ1v) is 8.59. The highest BCUT2D eigenvalue weighted by atomic mass is 16.5. The van der Waals surface area contributed by atoms with Gasteiger partial charge in [0.05, 0.1) is 13.2 Å². The molecule has 0 aliphatic heterocycles. The minimum atomic E-state index is 0.450. The van der Waals surface area contributed by atoms with Gasteiger partial charge in [-0.1, -0.05) is 30.3 Å². The molecular formula is C20H25N3O. The lowest BCUT2D eigenvalue weighted by molar-refractivity contribution is 0.134. The molecule has 126 valence electrons. The number of nitrogens with two attached hydrogens (primary N) is 1. The summed E-state index contributed by atoms with van der Waals surface area (Å²) in [6, 6.07) is 14.7. The minimum absolute atomic E-state index is 0.450. The van der Waals surface area contributed by atoms with Gasteiger partial charge in [-0.3, -0.25) is 0 Å². The maximum Gasteiger partial charge on any atom is 0.193 e. The van der Waals surface area contributed by atoms with Crippen molar-refractivity contribution in [3.63, 3.8) is 0 Å². The van der Waals surface area contributed by atoms with Crippen molar-refractivity contribution < 1.29 is 4.74 Å². The molecule has 0 radical (unpaired) electrons.